The van der Waals surface area contributed by atoms with Gasteiger partial charge in [0, 0.05) is 31.0 Å². The molecule has 2 heterocycles. The quantitative estimate of drug-likeness (QED) is 0.830. The molecular weight excluding hydrogens is 254 g/mol. The summed E-state index contributed by atoms with van der Waals surface area (Å²) < 4.78 is 11.9. The third-order valence-electron chi connectivity index (χ3n) is 4.21. The van der Waals surface area contributed by atoms with Gasteiger partial charge in [0.25, 0.3) is 0 Å². The first-order valence-corrected chi connectivity index (χ1v) is 7.57. The normalized spacial score (nSPS) is 28.2. The van der Waals surface area contributed by atoms with Crippen LogP contribution in [0.15, 0.2) is 18.2 Å². The Bertz CT molecular complexity index is 469. The molecule has 2 aliphatic rings. The van der Waals surface area contributed by atoms with E-state index >= 15 is 0 Å². The number of hydrogen-bond donors (Lipinski definition) is 2. The summed E-state index contributed by atoms with van der Waals surface area (Å²) in [4.78, 5) is 0. The van der Waals surface area contributed by atoms with Crippen LogP contribution in [0, 0.1) is 0 Å². The molecule has 2 N–H and O–H groups in total. The van der Waals surface area contributed by atoms with Gasteiger partial charge in [-0.25, -0.2) is 0 Å². The molecule has 4 heteroatoms. The largest absolute Gasteiger partial charge is 0.493 e. The standard InChI is InChI=1S/C16H23NO3/c1-2-3-8-19-12-4-5-13-14(18)10-16(6-7-17-11-16)20-15(13)9-12/h4-5,9,14,17-18H,2-3,6-8,10-11H2,1H3. The molecule has 0 aliphatic carbocycles. The number of hydrogen-bond acceptors (Lipinski definition) is 4. The van der Waals surface area contributed by atoms with Crippen molar-refractivity contribution in [2.24, 2.45) is 0 Å². The molecule has 4 nitrogen and oxygen atoms in total. The van der Waals surface area contributed by atoms with Crippen LogP contribution in [0.4, 0.5) is 0 Å². The second-order valence-electron chi connectivity index (χ2n) is 5.83. The highest BCUT2D eigenvalue weighted by molar-refractivity contribution is 5.44. The number of benzene rings is 1. The zero-order chi connectivity index (χ0) is 14.0. The Balaban J connectivity index is 1.79. The van der Waals surface area contributed by atoms with Crippen molar-refractivity contribution in [3.63, 3.8) is 0 Å². The average Bonchev–Trinajstić information content (AvgIpc) is 2.86. The Morgan fingerprint density at radius 3 is 3.15 bits per heavy atom. The maximum Gasteiger partial charge on any atom is 0.129 e. The van der Waals surface area contributed by atoms with E-state index in [0.29, 0.717) is 6.42 Å². The van der Waals surface area contributed by atoms with Crippen molar-refractivity contribution in [3.8, 4) is 11.5 Å². The summed E-state index contributed by atoms with van der Waals surface area (Å²) in [5, 5.41) is 13.7. The molecular formula is C16H23NO3. The molecule has 1 fully saturated rings. The van der Waals surface area contributed by atoms with Crippen molar-refractivity contribution in [1.29, 1.82) is 0 Å². The lowest BCUT2D eigenvalue weighted by Gasteiger charge is -2.37. The van der Waals surface area contributed by atoms with Crippen LogP contribution >= 0.6 is 0 Å². The summed E-state index contributed by atoms with van der Waals surface area (Å²) in [5.74, 6) is 1.61. The van der Waals surface area contributed by atoms with Crippen LogP contribution in [0.1, 0.15) is 44.3 Å². The van der Waals surface area contributed by atoms with Crippen molar-refractivity contribution in [2.45, 2.75) is 44.3 Å². The molecule has 0 amide bonds. The highest BCUT2D eigenvalue weighted by atomic mass is 16.5. The molecule has 0 bridgehead atoms. The van der Waals surface area contributed by atoms with Gasteiger partial charge < -0.3 is 19.9 Å². The molecule has 2 atom stereocenters. The van der Waals surface area contributed by atoms with E-state index in [2.05, 4.69) is 12.2 Å². The lowest BCUT2D eigenvalue weighted by molar-refractivity contribution is -0.000509. The molecule has 0 radical (unpaired) electrons. The predicted molar refractivity (Wildman–Crippen MR) is 77.3 cm³/mol. The third kappa shape index (κ3) is 2.63. The van der Waals surface area contributed by atoms with Gasteiger partial charge in [0.05, 0.1) is 12.7 Å². The molecule has 3 rings (SSSR count). The molecule has 1 aromatic rings. The minimum Gasteiger partial charge on any atom is -0.493 e. The van der Waals surface area contributed by atoms with E-state index in [4.69, 9.17) is 9.47 Å². The van der Waals surface area contributed by atoms with E-state index < -0.39 is 6.10 Å². The van der Waals surface area contributed by atoms with Crippen LogP contribution < -0.4 is 14.8 Å². The maximum atomic E-state index is 10.3. The molecule has 0 saturated carbocycles. The molecule has 110 valence electrons. The maximum absolute atomic E-state index is 10.3. The van der Waals surface area contributed by atoms with Gasteiger partial charge in [-0.2, -0.15) is 0 Å². The van der Waals surface area contributed by atoms with Crippen LogP contribution in [0.2, 0.25) is 0 Å². The second-order valence-corrected chi connectivity index (χ2v) is 5.83. The highest BCUT2D eigenvalue weighted by Gasteiger charge is 2.42. The smallest absolute Gasteiger partial charge is 0.129 e. The van der Waals surface area contributed by atoms with Gasteiger partial charge in [-0.1, -0.05) is 13.3 Å². The summed E-state index contributed by atoms with van der Waals surface area (Å²) in [6.07, 6.45) is 3.35. The number of aliphatic hydroxyl groups excluding tert-OH is 1. The number of unbranched alkanes of at least 4 members (excludes halogenated alkanes) is 1. The molecule has 20 heavy (non-hydrogen) atoms. The minimum absolute atomic E-state index is 0.242. The van der Waals surface area contributed by atoms with E-state index in [1.165, 1.54) is 0 Å². The fourth-order valence-corrected chi connectivity index (χ4v) is 3.02. The molecule has 2 aliphatic heterocycles. The fraction of sp³-hybridized carbons (Fsp3) is 0.625. The number of ether oxygens (including phenoxy) is 2. The topological polar surface area (TPSA) is 50.7 Å². The number of nitrogens with one attached hydrogen (secondary N) is 1. The lowest BCUT2D eigenvalue weighted by Crippen LogP contribution is -2.42. The first-order chi connectivity index (χ1) is 9.72. The molecule has 1 spiro atoms. The lowest BCUT2D eigenvalue weighted by atomic mass is 9.88. The number of aliphatic hydroxyl groups is 1. The highest BCUT2D eigenvalue weighted by Crippen LogP contribution is 2.43. The number of rotatable bonds is 4. The van der Waals surface area contributed by atoms with E-state index in [-0.39, 0.29) is 5.60 Å². The minimum atomic E-state index is -0.441. The van der Waals surface area contributed by atoms with Gasteiger partial charge in [-0.05, 0) is 25.1 Å². The zero-order valence-electron chi connectivity index (χ0n) is 12.0. The fourth-order valence-electron chi connectivity index (χ4n) is 3.02. The van der Waals surface area contributed by atoms with Gasteiger partial charge in [0.1, 0.15) is 17.1 Å². The van der Waals surface area contributed by atoms with E-state index in [1.54, 1.807) is 0 Å². The van der Waals surface area contributed by atoms with E-state index in [1.807, 2.05) is 18.2 Å². The average molecular weight is 277 g/mol. The Morgan fingerprint density at radius 2 is 2.40 bits per heavy atom. The van der Waals surface area contributed by atoms with Gasteiger partial charge >= 0.3 is 0 Å². The molecule has 2 unspecified atom stereocenters. The van der Waals surface area contributed by atoms with Gasteiger partial charge in [0.2, 0.25) is 0 Å². The SMILES string of the molecule is CCCCOc1ccc2c(c1)OC1(CCNC1)CC2O. The summed E-state index contributed by atoms with van der Waals surface area (Å²) in [6, 6.07) is 5.77. The Morgan fingerprint density at radius 1 is 1.50 bits per heavy atom. The van der Waals surface area contributed by atoms with E-state index in [0.717, 1.165) is 56.0 Å². The van der Waals surface area contributed by atoms with Crippen molar-refractivity contribution >= 4 is 0 Å². The second kappa shape index (κ2) is 5.62. The van der Waals surface area contributed by atoms with Crippen LogP contribution in [0.5, 0.6) is 11.5 Å². The Labute approximate surface area is 120 Å². The summed E-state index contributed by atoms with van der Waals surface area (Å²) in [6.45, 7) is 4.64. The molecule has 0 aromatic heterocycles. The number of fused-ring (bicyclic) bond motifs is 1. The van der Waals surface area contributed by atoms with Crippen molar-refractivity contribution in [1.82, 2.24) is 5.32 Å². The van der Waals surface area contributed by atoms with Crippen LogP contribution in [-0.4, -0.2) is 30.4 Å². The summed E-state index contributed by atoms with van der Waals surface area (Å²) in [7, 11) is 0. The first-order valence-electron chi connectivity index (χ1n) is 7.57. The van der Waals surface area contributed by atoms with Crippen molar-refractivity contribution in [3.05, 3.63) is 23.8 Å². The van der Waals surface area contributed by atoms with Crippen LogP contribution in [0.3, 0.4) is 0 Å². The predicted octanol–water partition coefficient (Wildman–Crippen LogP) is 2.41. The van der Waals surface area contributed by atoms with Gasteiger partial charge in [-0.15, -0.1) is 0 Å². The molecule has 1 aromatic carbocycles. The van der Waals surface area contributed by atoms with Gasteiger partial charge in [-0.3, -0.25) is 0 Å². The Kier molecular flexibility index (Phi) is 3.85. The van der Waals surface area contributed by atoms with E-state index in [9.17, 15) is 5.11 Å². The summed E-state index contributed by atoms with van der Waals surface area (Å²) >= 11 is 0. The monoisotopic (exact) mass is 277 g/mol. The zero-order valence-corrected chi connectivity index (χ0v) is 12.0. The van der Waals surface area contributed by atoms with Crippen molar-refractivity contribution < 1.29 is 14.6 Å². The Hall–Kier alpha value is -1.26. The third-order valence-corrected chi connectivity index (χ3v) is 4.21. The van der Waals surface area contributed by atoms with Gasteiger partial charge in [0.15, 0.2) is 0 Å². The first kappa shape index (κ1) is 13.7. The van der Waals surface area contributed by atoms with Crippen molar-refractivity contribution in [2.75, 3.05) is 19.7 Å². The summed E-state index contributed by atoms with van der Waals surface area (Å²) in [5.41, 5.74) is 0.638. The van der Waals surface area contributed by atoms with Crippen LogP contribution in [-0.2, 0) is 0 Å². The van der Waals surface area contributed by atoms with Crippen LogP contribution in [0.25, 0.3) is 0 Å². The molecule has 1 saturated heterocycles.